The van der Waals surface area contributed by atoms with Crippen molar-refractivity contribution in [3.05, 3.63) is 0 Å². The monoisotopic (exact) mass is 272 g/mol. The first kappa shape index (κ1) is 14.6. The summed E-state index contributed by atoms with van der Waals surface area (Å²) >= 11 is 2.18. The van der Waals surface area contributed by atoms with Crippen molar-refractivity contribution in [3.8, 4) is 0 Å². The van der Waals surface area contributed by atoms with E-state index in [0.29, 0.717) is 6.10 Å². The maximum absolute atomic E-state index is 5.75. The van der Waals surface area contributed by atoms with Gasteiger partial charge in [-0.25, -0.2) is 0 Å². The first-order valence-corrected chi connectivity index (χ1v) is 8.59. The van der Waals surface area contributed by atoms with Gasteiger partial charge in [0, 0.05) is 30.7 Å². The Hall–Kier alpha value is 0.230. The van der Waals surface area contributed by atoms with Gasteiger partial charge in [0.25, 0.3) is 0 Å². The van der Waals surface area contributed by atoms with Gasteiger partial charge in [0.15, 0.2) is 0 Å². The predicted molar refractivity (Wildman–Crippen MR) is 79.4 cm³/mol. The molecular weight excluding hydrogens is 244 g/mol. The summed E-state index contributed by atoms with van der Waals surface area (Å²) < 4.78 is 5.75. The lowest BCUT2D eigenvalue weighted by atomic mass is 10.1. The number of piperidine rings is 2. The molecule has 0 bridgehead atoms. The van der Waals surface area contributed by atoms with E-state index in [1.165, 1.54) is 57.6 Å². The molecule has 18 heavy (non-hydrogen) atoms. The summed E-state index contributed by atoms with van der Waals surface area (Å²) in [5, 5.41) is 4.34. The molecule has 0 aromatic heterocycles. The third kappa shape index (κ3) is 5.08. The van der Waals surface area contributed by atoms with E-state index in [4.69, 9.17) is 4.74 Å². The van der Waals surface area contributed by atoms with Crippen LogP contribution in [-0.4, -0.2) is 61.3 Å². The van der Waals surface area contributed by atoms with E-state index >= 15 is 0 Å². The zero-order chi connectivity index (χ0) is 12.6. The molecule has 1 N–H and O–H groups in total. The quantitative estimate of drug-likeness (QED) is 0.799. The van der Waals surface area contributed by atoms with Crippen LogP contribution in [0.5, 0.6) is 0 Å². The van der Waals surface area contributed by atoms with Crippen molar-refractivity contribution in [2.24, 2.45) is 0 Å². The highest BCUT2D eigenvalue weighted by atomic mass is 32.2. The maximum atomic E-state index is 5.75. The number of ether oxygens (including phenoxy) is 1. The van der Waals surface area contributed by atoms with E-state index in [0.717, 1.165) is 18.4 Å². The number of nitrogens with one attached hydrogen (secondary N) is 1. The van der Waals surface area contributed by atoms with Crippen LogP contribution in [0, 0.1) is 0 Å². The molecule has 0 aromatic carbocycles. The highest BCUT2D eigenvalue weighted by Gasteiger charge is 2.20. The first-order chi connectivity index (χ1) is 8.88. The van der Waals surface area contributed by atoms with Crippen LogP contribution in [0.4, 0.5) is 0 Å². The average Bonchev–Trinajstić information content (AvgIpc) is 2.41. The van der Waals surface area contributed by atoms with E-state index in [2.05, 4.69) is 28.9 Å². The van der Waals surface area contributed by atoms with Crippen molar-refractivity contribution in [3.63, 3.8) is 0 Å². The van der Waals surface area contributed by atoms with E-state index in [-0.39, 0.29) is 0 Å². The van der Waals surface area contributed by atoms with Gasteiger partial charge in [0.1, 0.15) is 0 Å². The summed E-state index contributed by atoms with van der Waals surface area (Å²) in [6, 6.07) is 0. The van der Waals surface area contributed by atoms with Crippen molar-refractivity contribution in [1.29, 1.82) is 0 Å². The van der Waals surface area contributed by atoms with Crippen LogP contribution in [0.3, 0.4) is 0 Å². The van der Waals surface area contributed by atoms with Gasteiger partial charge in [-0.05, 0) is 52.2 Å². The number of likely N-dealkylation sites (tertiary alicyclic amines) is 1. The largest absolute Gasteiger partial charge is 0.377 e. The van der Waals surface area contributed by atoms with Crippen LogP contribution < -0.4 is 5.32 Å². The lowest BCUT2D eigenvalue weighted by molar-refractivity contribution is 0.00781. The molecule has 2 aliphatic rings. The summed E-state index contributed by atoms with van der Waals surface area (Å²) in [6.45, 7) is 9.07. The minimum absolute atomic E-state index is 0.493. The highest BCUT2D eigenvalue weighted by Crippen LogP contribution is 2.21. The number of hydrogen-bond acceptors (Lipinski definition) is 4. The average molecular weight is 272 g/mol. The first-order valence-electron chi connectivity index (χ1n) is 7.54. The molecule has 0 radical (unpaired) electrons. The molecule has 2 aliphatic heterocycles. The molecule has 0 saturated carbocycles. The van der Waals surface area contributed by atoms with Crippen LogP contribution in [0.25, 0.3) is 0 Å². The summed E-state index contributed by atoms with van der Waals surface area (Å²) in [5.74, 6) is 1.30. The van der Waals surface area contributed by atoms with Gasteiger partial charge in [-0.3, -0.25) is 4.90 Å². The molecule has 2 saturated heterocycles. The summed E-state index contributed by atoms with van der Waals surface area (Å²) in [4.78, 5) is 2.60. The molecule has 2 fully saturated rings. The van der Waals surface area contributed by atoms with E-state index < -0.39 is 0 Å². The van der Waals surface area contributed by atoms with Gasteiger partial charge in [0.05, 0.1) is 6.10 Å². The van der Waals surface area contributed by atoms with Crippen molar-refractivity contribution in [1.82, 2.24) is 10.2 Å². The smallest absolute Gasteiger partial charge is 0.0702 e. The van der Waals surface area contributed by atoms with Gasteiger partial charge in [-0.2, -0.15) is 11.8 Å². The Kier molecular flexibility index (Phi) is 6.84. The molecule has 2 rings (SSSR count). The van der Waals surface area contributed by atoms with E-state index in [9.17, 15) is 0 Å². The Morgan fingerprint density at radius 2 is 2.11 bits per heavy atom. The van der Waals surface area contributed by atoms with E-state index in [1.807, 2.05) is 0 Å². The predicted octanol–water partition coefficient (Wildman–Crippen LogP) is 1.97. The molecular formula is C14H28N2OS. The third-order valence-electron chi connectivity index (χ3n) is 3.91. The number of nitrogens with zero attached hydrogens (tertiary/aromatic N) is 1. The van der Waals surface area contributed by atoms with Gasteiger partial charge in [0.2, 0.25) is 0 Å². The number of hydrogen-bond donors (Lipinski definition) is 1. The fourth-order valence-corrected chi connectivity index (χ4v) is 4.16. The van der Waals surface area contributed by atoms with Crippen LogP contribution in [0.15, 0.2) is 0 Å². The fourth-order valence-electron chi connectivity index (χ4n) is 2.90. The zero-order valence-corrected chi connectivity index (χ0v) is 12.5. The number of thioether (sulfide) groups is 1. The minimum atomic E-state index is 0.493. The standard InChI is InChI=1S/C14H28N2OS/c1-2-17-13-4-3-9-16(12-13)10-11-18-14-5-7-15-8-6-14/h13-15H,2-12H2,1H3. The van der Waals surface area contributed by atoms with Crippen LogP contribution in [-0.2, 0) is 4.74 Å². The van der Waals surface area contributed by atoms with Crippen molar-refractivity contribution in [2.75, 3.05) is 45.1 Å². The van der Waals surface area contributed by atoms with Gasteiger partial charge < -0.3 is 10.1 Å². The highest BCUT2D eigenvalue weighted by molar-refractivity contribution is 7.99. The third-order valence-corrected chi connectivity index (χ3v) is 5.27. The second-order valence-electron chi connectivity index (χ2n) is 5.34. The van der Waals surface area contributed by atoms with Crippen molar-refractivity contribution < 1.29 is 4.74 Å². The Morgan fingerprint density at radius 1 is 1.28 bits per heavy atom. The molecule has 4 heteroatoms. The van der Waals surface area contributed by atoms with Crippen molar-refractivity contribution in [2.45, 2.75) is 44.0 Å². The molecule has 3 nitrogen and oxygen atoms in total. The summed E-state index contributed by atoms with van der Waals surface area (Å²) in [5.41, 5.74) is 0. The topological polar surface area (TPSA) is 24.5 Å². The normalized spacial score (nSPS) is 27.5. The van der Waals surface area contributed by atoms with Crippen LogP contribution >= 0.6 is 11.8 Å². The lowest BCUT2D eigenvalue weighted by Gasteiger charge is -2.32. The molecule has 2 heterocycles. The van der Waals surface area contributed by atoms with Crippen LogP contribution in [0.2, 0.25) is 0 Å². The number of rotatable bonds is 6. The van der Waals surface area contributed by atoms with E-state index in [1.54, 1.807) is 0 Å². The Bertz CT molecular complexity index is 220. The zero-order valence-electron chi connectivity index (χ0n) is 11.7. The Labute approximate surface area is 116 Å². The molecule has 0 spiro atoms. The minimum Gasteiger partial charge on any atom is -0.377 e. The lowest BCUT2D eigenvalue weighted by Crippen LogP contribution is -2.41. The second-order valence-corrected chi connectivity index (χ2v) is 6.75. The molecule has 0 aromatic rings. The van der Waals surface area contributed by atoms with Gasteiger partial charge in [-0.15, -0.1) is 0 Å². The molecule has 106 valence electrons. The van der Waals surface area contributed by atoms with Crippen LogP contribution in [0.1, 0.15) is 32.6 Å². The molecule has 0 aliphatic carbocycles. The van der Waals surface area contributed by atoms with Gasteiger partial charge >= 0.3 is 0 Å². The van der Waals surface area contributed by atoms with Crippen molar-refractivity contribution >= 4 is 11.8 Å². The van der Waals surface area contributed by atoms with Gasteiger partial charge in [-0.1, -0.05) is 0 Å². The second kappa shape index (κ2) is 8.41. The fraction of sp³-hybridized carbons (Fsp3) is 1.00. The SMILES string of the molecule is CCOC1CCCN(CCSC2CCNCC2)C1. The Balaban J connectivity index is 1.57. The Morgan fingerprint density at radius 3 is 2.89 bits per heavy atom. The molecule has 0 amide bonds. The molecule has 1 atom stereocenters. The maximum Gasteiger partial charge on any atom is 0.0702 e. The summed E-state index contributed by atoms with van der Waals surface area (Å²) in [7, 11) is 0. The molecule has 1 unspecified atom stereocenters. The summed E-state index contributed by atoms with van der Waals surface area (Å²) in [6.07, 6.45) is 5.76.